The van der Waals surface area contributed by atoms with E-state index in [0.717, 1.165) is 18.5 Å². The minimum absolute atomic E-state index is 0.0484. The van der Waals surface area contributed by atoms with Crippen molar-refractivity contribution in [1.82, 2.24) is 9.88 Å². The van der Waals surface area contributed by atoms with E-state index >= 15 is 0 Å². The van der Waals surface area contributed by atoms with Crippen LogP contribution in [0.25, 0.3) is 0 Å². The summed E-state index contributed by atoms with van der Waals surface area (Å²) >= 11 is 1.77. The lowest BCUT2D eigenvalue weighted by molar-refractivity contribution is 0.317. The molecule has 0 atom stereocenters. The monoisotopic (exact) mass is 290 g/mol. The third kappa shape index (κ3) is 3.79. The fourth-order valence-electron chi connectivity index (χ4n) is 1.97. The second kappa shape index (κ2) is 7.02. The van der Waals surface area contributed by atoms with E-state index in [1.807, 2.05) is 12.1 Å². The highest BCUT2D eigenvalue weighted by Crippen LogP contribution is 2.12. The average molecular weight is 290 g/mol. The molecule has 0 fully saturated rings. The largest absolute Gasteiger partial charge is 0.409 e. The van der Waals surface area contributed by atoms with Crippen LogP contribution in [0.15, 0.2) is 41.0 Å². The summed E-state index contributed by atoms with van der Waals surface area (Å²) in [6.45, 7) is 1.66. The Hall–Kier alpha value is -1.92. The summed E-state index contributed by atoms with van der Waals surface area (Å²) in [4.78, 5) is 7.75. The van der Waals surface area contributed by atoms with Gasteiger partial charge in [-0.3, -0.25) is 4.98 Å². The number of nitrogens with two attached hydrogens (primary N) is 1. The first-order chi connectivity index (χ1) is 9.70. The van der Waals surface area contributed by atoms with Gasteiger partial charge in [0.2, 0.25) is 0 Å². The number of rotatable bonds is 6. The molecule has 0 amide bonds. The van der Waals surface area contributed by atoms with Gasteiger partial charge in [0, 0.05) is 24.2 Å². The number of amidine groups is 1. The van der Waals surface area contributed by atoms with E-state index in [4.69, 9.17) is 10.9 Å². The smallest absolute Gasteiger partial charge is 0.189 e. The zero-order valence-electron chi connectivity index (χ0n) is 11.4. The highest BCUT2D eigenvalue weighted by atomic mass is 32.1. The Morgan fingerprint density at radius 2 is 2.30 bits per heavy atom. The molecule has 0 radical (unpaired) electrons. The van der Waals surface area contributed by atoms with Gasteiger partial charge in [-0.05, 0) is 36.5 Å². The molecule has 2 aromatic heterocycles. The van der Waals surface area contributed by atoms with Crippen LogP contribution in [0.3, 0.4) is 0 Å². The molecular weight excluding hydrogens is 272 g/mol. The molecule has 0 aromatic carbocycles. The zero-order chi connectivity index (χ0) is 14.4. The highest BCUT2D eigenvalue weighted by molar-refractivity contribution is 7.09. The van der Waals surface area contributed by atoms with Crippen molar-refractivity contribution >= 4 is 17.2 Å². The second-order valence-electron chi connectivity index (χ2n) is 4.56. The first-order valence-electron chi connectivity index (χ1n) is 6.33. The fourth-order valence-corrected chi connectivity index (χ4v) is 2.67. The SMILES string of the molecule is CN(CCc1cccs1)Cc1cccnc1C(N)=NO. The van der Waals surface area contributed by atoms with E-state index in [1.165, 1.54) is 4.88 Å². The molecule has 2 rings (SSSR count). The molecule has 0 unspecified atom stereocenters. The Balaban J connectivity index is 1.99. The maximum Gasteiger partial charge on any atom is 0.189 e. The number of likely N-dealkylation sites (N-methyl/N-ethyl adjacent to an activating group) is 1. The van der Waals surface area contributed by atoms with Crippen LogP contribution in [0.2, 0.25) is 0 Å². The van der Waals surface area contributed by atoms with Crippen LogP contribution in [0, 0.1) is 0 Å². The Bertz CT molecular complexity index is 568. The number of hydrogen-bond acceptors (Lipinski definition) is 5. The summed E-state index contributed by atoms with van der Waals surface area (Å²) in [5, 5.41) is 13.9. The Morgan fingerprint density at radius 3 is 3.00 bits per heavy atom. The van der Waals surface area contributed by atoms with Gasteiger partial charge in [0.25, 0.3) is 0 Å². The summed E-state index contributed by atoms with van der Waals surface area (Å²) in [7, 11) is 2.05. The predicted octanol–water partition coefficient (Wildman–Crippen LogP) is 1.91. The lowest BCUT2D eigenvalue weighted by Crippen LogP contribution is -2.24. The molecule has 0 saturated carbocycles. The van der Waals surface area contributed by atoms with E-state index in [1.54, 1.807) is 17.5 Å². The Morgan fingerprint density at radius 1 is 1.45 bits per heavy atom. The van der Waals surface area contributed by atoms with E-state index in [0.29, 0.717) is 12.2 Å². The van der Waals surface area contributed by atoms with Crippen molar-refractivity contribution in [2.24, 2.45) is 10.9 Å². The van der Waals surface area contributed by atoms with Gasteiger partial charge in [-0.25, -0.2) is 0 Å². The third-order valence-electron chi connectivity index (χ3n) is 3.00. The Kier molecular flexibility index (Phi) is 5.09. The van der Waals surface area contributed by atoms with E-state index < -0.39 is 0 Å². The summed E-state index contributed by atoms with van der Waals surface area (Å²) in [6, 6.07) is 8.01. The molecule has 0 aliphatic rings. The first kappa shape index (κ1) is 14.5. The van der Waals surface area contributed by atoms with Gasteiger partial charge < -0.3 is 15.8 Å². The third-order valence-corrected chi connectivity index (χ3v) is 3.94. The van der Waals surface area contributed by atoms with Crippen LogP contribution in [-0.4, -0.2) is 34.5 Å². The number of pyridine rings is 1. The fraction of sp³-hybridized carbons (Fsp3) is 0.286. The molecule has 5 nitrogen and oxygen atoms in total. The van der Waals surface area contributed by atoms with Crippen molar-refractivity contribution in [3.63, 3.8) is 0 Å². The van der Waals surface area contributed by atoms with Crippen LogP contribution >= 0.6 is 11.3 Å². The van der Waals surface area contributed by atoms with Crippen LogP contribution in [0.4, 0.5) is 0 Å². The van der Waals surface area contributed by atoms with E-state index in [9.17, 15) is 0 Å². The van der Waals surface area contributed by atoms with Crippen molar-refractivity contribution in [2.75, 3.05) is 13.6 Å². The van der Waals surface area contributed by atoms with Gasteiger partial charge in [0.05, 0.1) is 0 Å². The van der Waals surface area contributed by atoms with E-state index in [-0.39, 0.29) is 5.84 Å². The second-order valence-corrected chi connectivity index (χ2v) is 5.60. The molecule has 0 bridgehead atoms. The number of oxime groups is 1. The van der Waals surface area contributed by atoms with Gasteiger partial charge in [0.1, 0.15) is 5.69 Å². The van der Waals surface area contributed by atoms with Crippen LogP contribution in [-0.2, 0) is 13.0 Å². The molecule has 0 aliphatic carbocycles. The van der Waals surface area contributed by atoms with Crippen molar-refractivity contribution in [3.8, 4) is 0 Å². The maximum atomic E-state index is 8.79. The lowest BCUT2D eigenvalue weighted by atomic mass is 10.1. The van der Waals surface area contributed by atoms with Crippen LogP contribution in [0.5, 0.6) is 0 Å². The minimum Gasteiger partial charge on any atom is -0.409 e. The number of hydrogen-bond donors (Lipinski definition) is 2. The van der Waals surface area contributed by atoms with Crippen molar-refractivity contribution in [2.45, 2.75) is 13.0 Å². The standard InChI is InChI=1S/C14H18N4OS/c1-18(8-6-12-5-3-9-20-12)10-11-4-2-7-16-13(11)14(15)17-19/h2-5,7,9,19H,6,8,10H2,1H3,(H2,15,17). The summed E-state index contributed by atoms with van der Waals surface area (Å²) in [5.74, 6) is 0.0484. The van der Waals surface area contributed by atoms with Gasteiger partial charge in [-0.15, -0.1) is 11.3 Å². The van der Waals surface area contributed by atoms with Gasteiger partial charge in [-0.1, -0.05) is 17.3 Å². The number of nitrogens with zero attached hydrogens (tertiary/aromatic N) is 3. The molecule has 20 heavy (non-hydrogen) atoms. The van der Waals surface area contributed by atoms with E-state index in [2.05, 4.69) is 39.6 Å². The quantitative estimate of drug-likeness (QED) is 0.369. The summed E-state index contributed by atoms with van der Waals surface area (Å²) in [6.07, 6.45) is 2.66. The predicted molar refractivity (Wildman–Crippen MR) is 81.1 cm³/mol. The summed E-state index contributed by atoms with van der Waals surface area (Å²) in [5.41, 5.74) is 7.14. The van der Waals surface area contributed by atoms with Crippen molar-refractivity contribution in [1.29, 1.82) is 0 Å². The molecule has 2 heterocycles. The topological polar surface area (TPSA) is 74.7 Å². The lowest BCUT2D eigenvalue weighted by Gasteiger charge is -2.17. The van der Waals surface area contributed by atoms with Crippen LogP contribution < -0.4 is 5.73 Å². The molecule has 0 saturated heterocycles. The molecule has 6 heteroatoms. The molecule has 0 spiro atoms. The van der Waals surface area contributed by atoms with Crippen LogP contribution in [0.1, 0.15) is 16.1 Å². The zero-order valence-corrected chi connectivity index (χ0v) is 12.2. The Labute approximate surface area is 122 Å². The minimum atomic E-state index is 0.0484. The number of aromatic nitrogens is 1. The van der Waals surface area contributed by atoms with Gasteiger partial charge in [-0.2, -0.15) is 0 Å². The van der Waals surface area contributed by atoms with Crippen molar-refractivity contribution < 1.29 is 5.21 Å². The summed E-state index contributed by atoms with van der Waals surface area (Å²) < 4.78 is 0. The molecule has 0 aliphatic heterocycles. The average Bonchev–Trinajstić information content (AvgIpc) is 2.98. The first-order valence-corrected chi connectivity index (χ1v) is 7.21. The maximum absolute atomic E-state index is 8.79. The van der Waals surface area contributed by atoms with Crippen molar-refractivity contribution in [3.05, 3.63) is 52.0 Å². The molecule has 3 N–H and O–H groups in total. The molecular formula is C14H18N4OS. The molecule has 2 aromatic rings. The van der Waals surface area contributed by atoms with Gasteiger partial charge >= 0.3 is 0 Å². The molecule has 106 valence electrons. The van der Waals surface area contributed by atoms with Gasteiger partial charge in [0.15, 0.2) is 5.84 Å². The number of thiophene rings is 1. The normalized spacial score (nSPS) is 12.0. The highest BCUT2D eigenvalue weighted by Gasteiger charge is 2.10.